The predicted octanol–water partition coefficient (Wildman–Crippen LogP) is 6.56. The molecule has 2 aromatic heterocycles. The van der Waals surface area contributed by atoms with Crippen molar-refractivity contribution < 1.29 is 34.4 Å². The summed E-state index contributed by atoms with van der Waals surface area (Å²) in [7, 11) is -8.09. The Morgan fingerprint density at radius 3 is 1.31 bits per heavy atom. The van der Waals surface area contributed by atoms with Gasteiger partial charge in [-0.15, -0.1) is 0 Å². The molecule has 254 valence electrons. The highest BCUT2D eigenvalue weighted by molar-refractivity contribution is 7.89. The van der Waals surface area contributed by atoms with Crippen LogP contribution in [0.2, 0.25) is 0 Å². The fourth-order valence-corrected chi connectivity index (χ4v) is 6.30. The van der Waals surface area contributed by atoms with Crippen LogP contribution in [0, 0.1) is 6.92 Å². The highest BCUT2D eigenvalue weighted by Gasteiger charge is 2.23. The van der Waals surface area contributed by atoms with E-state index in [0.29, 0.717) is 22.5 Å². The van der Waals surface area contributed by atoms with Crippen molar-refractivity contribution in [2.45, 2.75) is 29.6 Å². The third-order valence-electron chi connectivity index (χ3n) is 7.12. The van der Waals surface area contributed by atoms with Crippen LogP contribution in [0.25, 0.3) is 33.9 Å². The van der Waals surface area contributed by atoms with Gasteiger partial charge in [0.25, 0.3) is 12.9 Å². The Hall–Kier alpha value is -5.16. The maximum absolute atomic E-state index is 13.2. The third kappa shape index (κ3) is 7.94. The maximum atomic E-state index is 13.2. The molecular weight excluding hydrogens is 685 g/mol. The van der Waals surface area contributed by atoms with Gasteiger partial charge in [0.05, 0.1) is 22.8 Å². The number of halogens is 4. The molecule has 0 aliphatic carbocycles. The topological polar surface area (TPSA) is 156 Å². The van der Waals surface area contributed by atoms with Gasteiger partial charge < -0.3 is 0 Å². The molecule has 6 aromatic rings. The third-order valence-corrected chi connectivity index (χ3v) is 9.04. The normalized spacial score (nSPS) is 11.9. The number of primary sulfonamides is 2. The molecule has 0 aliphatic heterocycles. The molecule has 49 heavy (non-hydrogen) atoms. The zero-order valence-electron chi connectivity index (χ0n) is 25.5. The SMILES string of the molecule is Cc1ccc(-c2cc(C(F)F)nn2-c2ccccc2S(N)(=O)=O)cc1.NS(=O)(=O)c1ccccc1-n1nc(C(F)F)cc1-c1ccccc1. The summed E-state index contributed by atoms with van der Waals surface area (Å²) in [6, 6.07) is 30.2. The summed E-state index contributed by atoms with van der Waals surface area (Å²) in [5.41, 5.74) is 2.31. The fourth-order valence-electron chi connectivity index (χ4n) is 4.87. The van der Waals surface area contributed by atoms with Crippen LogP contribution >= 0.6 is 0 Å². The van der Waals surface area contributed by atoms with Crippen molar-refractivity contribution in [3.63, 3.8) is 0 Å². The quantitative estimate of drug-likeness (QED) is 0.170. The number of benzene rings is 4. The summed E-state index contributed by atoms with van der Waals surface area (Å²) in [4.78, 5) is -0.377. The molecule has 0 fully saturated rings. The second-order valence-corrected chi connectivity index (χ2v) is 13.7. The van der Waals surface area contributed by atoms with Gasteiger partial charge in [0.1, 0.15) is 21.2 Å². The first-order valence-electron chi connectivity index (χ1n) is 14.3. The summed E-state index contributed by atoms with van der Waals surface area (Å²) >= 11 is 0. The van der Waals surface area contributed by atoms with Crippen molar-refractivity contribution in [2.75, 3.05) is 0 Å². The van der Waals surface area contributed by atoms with E-state index in [-0.39, 0.29) is 21.2 Å². The fraction of sp³-hybridized carbons (Fsp3) is 0.0909. The van der Waals surface area contributed by atoms with E-state index in [1.165, 1.54) is 57.9 Å². The molecule has 0 radical (unpaired) electrons. The highest BCUT2D eigenvalue weighted by Crippen LogP contribution is 2.32. The van der Waals surface area contributed by atoms with Crippen LogP contribution in [0.3, 0.4) is 0 Å². The van der Waals surface area contributed by atoms with E-state index in [9.17, 15) is 34.4 Å². The van der Waals surface area contributed by atoms with E-state index < -0.39 is 44.3 Å². The van der Waals surface area contributed by atoms with E-state index in [4.69, 9.17) is 10.3 Å². The molecule has 0 spiro atoms. The van der Waals surface area contributed by atoms with Crippen molar-refractivity contribution in [1.82, 2.24) is 19.6 Å². The number of hydrogen-bond acceptors (Lipinski definition) is 6. The number of para-hydroxylation sites is 2. The molecule has 10 nitrogen and oxygen atoms in total. The molecule has 0 atom stereocenters. The Labute approximate surface area is 279 Å². The molecule has 4 aromatic carbocycles. The molecule has 0 bridgehead atoms. The zero-order valence-corrected chi connectivity index (χ0v) is 27.2. The molecular formula is C33H28F4N6O4S2. The number of rotatable bonds is 8. The van der Waals surface area contributed by atoms with E-state index in [0.717, 1.165) is 5.56 Å². The molecule has 16 heteroatoms. The van der Waals surface area contributed by atoms with Crippen LogP contribution in [0.4, 0.5) is 17.6 Å². The molecule has 0 saturated carbocycles. The van der Waals surface area contributed by atoms with Gasteiger partial charge in [-0.1, -0.05) is 84.4 Å². The molecule has 0 unspecified atom stereocenters. The second kappa shape index (κ2) is 14.1. The van der Waals surface area contributed by atoms with E-state index in [1.807, 2.05) is 19.1 Å². The number of nitrogens with zero attached hydrogens (tertiary/aromatic N) is 4. The van der Waals surface area contributed by atoms with Crippen LogP contribution in [0.5, 0.6) is 0 Å². The molecule has 0 saturated heterocycles. The van der Waals surface area contributed by atoms with Crippen LogP contribution in [0.15, 0.2) is 125 Å². The lowest BCUT2D eigenvalue weighted by atomic mass is 10.1. The Morgan fingerprint density at radius 2 is 0.918 bits per heavy atom. The van der Waals surface area contributed by atoms with Gasteiger partial charge in [0.15, 0.2) is 0 Å². The minimum Gasteiger partial charge on any atom is -0.231 e. The van der Waals surface area contributed by atoms with Crippen molar-refractivity contribution >= 4 is 20.0 Å². The standard InChI is InChI=1S/C17H15F2N3O2S.C16H13F2N3O2S/c1-11-6-8-12(9-7-11)15-10-13(17(18)19)21-22(15)14-4-2-3-5-16(14)25(20,23)24;17-16(18)12-10-14(11-6-2-1-3-7-11)21(20-12)13-8-4-5-9-15(13)24(19,22)23/h2-10,17H,1H3,(H2,20,23,24);1-10,16H,(H2,19,22,23). The van der Waals surface area contributed by atoms with Crippen molar-refractivity contribution in [1.29, 1.82) is 0 Å². The largest absolute Gasteiger partial charge is 0.282 e. The first-order chi connectivity index (χ1) is 23.1. The molecule has 0 aliphatic rings. The van der Waals surface area contributed by atoms with Crippen molar-refractivity contribution in [2.24, 2.45) is 10.3 Å². The number of aromatic nitrogens is 4. The van der Waals surface area contributed by atoms with Gasteiger partial charge in [-0.3, -0.25) is 0 Å². The van der Waals surface area contributed by atoms with Gasteiger partial charge in [0, 0.05) is 11.1 Å². The maximum Gasteiger partial charge on any atom is 0.282 e. The lowest BCUT2D eigenvalue weighted by Crippen LogP contribution is -2.16. The first kappa shape index (κ1) is 35.2. The highest BCUT2D eigenvalue weighted by atomic mass is 32.2. The van der Waals surface area contributed by atoms with Gasteiger partial charge in [0.2, 0.25) is 20.0 Å². The monoisotopic (exact) mass is 712 g/mol. The van der Waals surface area contributed by atoms with Gasteiger partial charge in [-0.05, 0) is 43.3 Å². The minimum atomic E-state index is -4.05. The van der Waals surface area contributed by atoms with Crippen molar-refractivity contribution in [3.8, 4) is 33.9 Å². The van der Waals surface area contributed by atoms with E-state index in [1.54, 1.807) is 54.6 Å². The van der Waals surface area contributed by atoms with E-state index in [2.05, 4.69) is 10.2 Å². The van der Waals surface area contributed by atoms with Crippen LogP contribution in [0.1, 0.15) is 29.8 Å². The Kier molecular flexibility index (Phi) is 10.1. The number of nitrogens with two attached hydrogens (primary N) is 2. The average Bonchev–Trinajstić information content (AvgIpc) is 3.72. The Balaban J connectivity index is 0.000000191. The van der Waals surface area contributed by atoms with Crippen LogP contribution in [-0.2, 0) is 20.0 Å². The Bertz CT molecular complexity index is 2310. The molecule has 4 N–H and O–H groups in total. The van der Waals surface area contributed by atoms with E-state index >= 15 is 0 Å². The molecule has 2 heterocycles. The lowest BCUT2D eigenvalue weighted by Gasteiger charge is -2.11. The number of aryl methyl sites for hydroxylation is 1. The summed E-state index contributed by atoms with van der Waals surface area (Å²) in [5, 5.41) is 18.3. The molecule has 6 rings (SSSR count). The predicted molar refractivity (Wildman–Crippen MR) is 175 cm³/mol. The average molecular weight is 713 g/mol. The smallest absolute Gasteiger partial charge is 0.231 e. The molecule has 0 amide bonds. The number of sulfonamides is 2. The summed E-state index contributed by atoms with van der Waals surface area (Å²) < 4.78 is 102. The second-order valence-electron chi connectivity index (χ2n) is 10.6. The lowest BCUT2D eigenvalue weighted by molar-refractivity contribution is 0.145. The summed E-state index contributed by atoms with van der Waals surface area (Å²) in [5.74, 6) is 0. The first-order valence-corrected chi connectivity index (χ1v) is 17.4. The van der Waals surface area contributed by atoms with Crippen LogP contribution < -0.4 is 10.3 Å². The Morgan fingerprint density at radius 1 is 0.551 bits per heavy atom. The zero-order chi connectivity index (χ0) is 35.5. The number of alkyl halides is 4. The minimum absolute atomic E-state index is 0.116. The van der Waals surface area contributed by atoms with Gasteiger partial charge in [-0.2, -0.15) is 10.2 Å². The summed E-state index contributed by atoms with van der Waals surface area (Å²) in [6.07, 6.45) is -5.57. The number of hydrogen-bond donors (Lipinski definition) is 2. The van der Waals surface area contributed by atoms with Crippen molar-refractivity contribution in [3.05, 3.63) is 132 Å². The summed E-state index contributed by atoms with van der Waals surface area (Å²) in [6.45, 7) is 1.90. The van der Waals surface area contributed by atoms with Crippen LogP contribution in [-0.4, -0.2) is 36.4 Å². The van der Waals surface area contributed by atoms with Gasteiger partial charge in [-0.25, -0.2) is 54.0 Å². The van der Waals surface area contributed by atoms with Gasteiger partial charge >= 0.3 is 0 Å².